The van der Waals surface area contributed by atoms with Crippen LogP contribution in [-0.4, -0.2) is 19.6 Å². The number of nitrogens with zero attached hydrogens (tertiary/aromatic N) is 1. The van der Waals surface area contributed by atoms with E-state index in [1.54, 1.807) is 11.9 Å². The molecule has 0 spiro atoms. The van der Waals surface area contributed by atoms with Gasteiger partial charge in [0.05, 0.1) is 11.4 Å². The Hall–Kier alpha value is -1.71. The van der Waals surface area contributed by atoms with Gasteiger partial charge in [-0.05, 0) is 24.5 Å². The Labute approximate surface area is 89.1 Å². The van der Waals surface area contributed by atoms with Gasteiger partial charge in [0.2, 0.25) is 0 Å². The minimum atomic E-state index is -0.0890. The van der Waals surface area contributed by atoms with Crippen molar-refractivity contribution in [3.63, 3.8) is 0 Å². The molecule has 80 valence electrons. The molecular formula is C11H15N3O. The van der Waals surface area contributed by atoms with Crippen LogP contribution in [0.2, 0.25) is 0 Å². The third-order valence-electron chi connectivity index (χ3n) is 2.71. The fraction of sp³-hybridized carbons (Fsp3) is 0.364. The fourth-order valence-electron chi connectivity index (χ4n) is 2.02. The van der Waals surface area contributed by atoms with Crippen LogP contribution in [0.3, 0.4) is 0 Å². The molecule has 4 nitrogen and oxygen atoms in total. The van der Waals surface area contributed by atoms with Gasteiger partial charge in [0.1, 0.15) is 0 Å². The van der Waals surface area contributed by atoms with E-state index in [2.05, 4.69) is 5.32 Å². The summed E-state index contributed by atoms with van der Waals surface area (Å²) in [5.74, 6) is 0. The molecular weight excluding hydrogens is 190 g/mol. The Morgan fingerprint density at radius 2 is 2.33 bits per heavy atom. The molecule has 0 aliphatic carbocycles. The number of nitrogens with one attached hydrogen (secondary N) is 1. The van der Waals surface area contributed by atoms with Crippen LogP contribution in [0.5, 0.6) is 0 Å². The van der Waals surface area contributed by atoms with Gasteiger partial charge in [0.25, 0.3) is 0 Å². The third kappa shape index (κ3) is 1.63. The maximum absolute atomic E-state index is 11.6. The predicted octanol–water partition coefficient (Wildman–Crippen LogP) is 1.36. The van der Waals surface area contributed by atoms with Crippen molar-refractivity contribution < 1.29 is 4.79 Å². The molecule has 1 aromatic rings. The van der Waals surface area contributed by atoms with Gasteiger partial charge in [-0.15, -0.1) is 0 Å². The normalized spacial score (nSPS) is 14.6. The molecule has 0 unspecified atom stereocenters. The summed E-state index contributed by atoms with van der Waals surface area (Å²) in [5, 5.41) is 2.63. The number of fused-ring (bicyclic) bond motifs is 1. The van der Waals surface area contributed by atoms with Crippen LogP contribution in [0.1, 0.15) is 12.0 Å². The average molecular weight is 205 g/mol. The average Bonchev–Trinajstić information content (AvgIpc) is 2.28. The van der Waals surface area contributed by atoms with E-state index in [-0.39, 0.29) is 6.03 Å². The standard InChI is InChI=1S/C11H15N3O/c1-13-11(15)14-7-3-5-8-4-2-6-9(12)10(8)14/h2,4,6H,3,5,7,12H2,1H3,(H,13,15). The summed E-state index contributed by atoms with van der Waals surface area (Å²) in [7, 11) is 1.63. The molecule has 0 fully saturated rings. The van der Waals surface area contributed by atoms with Crippen molar-refractivity contribution in [1.82, 2.24) is 5.32 Å². The SMILES string of the molecule is CNC(=O)N1CCCc2cccc(N)c21. The Bertz CT molecular complexity index is 389. The van der Waals surface area contributed by atoms with Crippen molar-refractivity contribution in [3.8, 4) is 0 Å². The lowest BCUT2D eigenvalue weighted by Gasteiger charge is -2.30. The fourth-order valence-corrected chi connectivity index (χ4v) is 2.02. The molecule has 0 saturated heterocycles. The molecule has 0 atom stereocenters. The minimum absolute atomic E-state index is 0.0890. The maximum atomic E-state index is 11.6. The van der Waals surface area contributed by atoms with Gasteiger partial charge in [-0.25, -0.2) is 4.79 Å². The van der Waals surface area contributed by atoms with Crippen molar-refractivity contribution in [2.45, 2.75) is 12.8 Å². The molecule has 0 saturated carbocycles. The van der Waals surface area contributed by atoms with Crippen LogP contribution in [-0.2, 0) is 6.42 Å². The Balaban J connectivity index is 2.45. The molecule has 1 heterocycles. The zero-order valence-electron chi connectivity index (χ0n) is 8.79. The number of hydrogen-bond donors (Lipinski definition) is 2. The summed E-state index contributed by atoms with van der Waals surface area (Å²) in [6.07, 6.45) is 1.98. The molecule has 2 rings (SSSR count). The predicted molar refractivity (Wildman–Crippen MR) is 61.0 cm³/mol. The maximum Gasteiger partial charge on any atom is 0.321 e. The molecule has 15 heavy (non-hydrogen) atoms. The van der Waals surface area contributed by atoms with Crippen LogP contribution in [0.15, 0.2) is 18.2 Å². The van der Waals surface area contributed by atoms with Gasteiger partial charge >= 0.3 is 6.03 Å². The first-order valence-corrected chi connectivity index (χ1v) is 5.10. The summed E-state index contributed by atoms with van der Waals surface area (Å²) in [6.45, 7) is 0.737. The Morgan fingerprint density at radius 3 is 3.07 bits per heavy atom. The smallest absolute Gasteiger partial charge is 0.321 e. The second-order valence-electron chi connectivity index (χ2n) is 3.67. The van der Waals surface area contributed by atoms with E-state index in [1.807, 2.05) is 18.2 Å². The van der Waals surface area contributed by atoms with E-state index in [1.165, 1.54) is 0 Å². The number of nitrogens with two attached hydrogens (primary N) is 1. The van der Waals surface area contributed by atoms with Crippen LogP contribution in [0.25, 0.3) is 0 Å². The number of para-hydroxylation sites is 1. The number of benzene rings is 1. The highest BCUT2D eigenvalue weighted by Gasteiger charge is 2.23. The highest BCUT2D eigenvalue weighted by Crippen LogP contribution is 2.32. The number of anilines is 2. The van der Waals surface area contributed by atoms with Gasteiger partial charge in [-0.3, -0.25) is 4.90 Å². The lowest BCUT2D eigenvalue weighted by molar-refractivity contribution is 0.247. The number of aryl methyl sites for hydroxylation is 1. The number of carbonyl (C=O) groups is 1. The van der Waals surface area contributed by atoms with E-state index in [4.69, 9.17) is 5.73 Å². The molecule has 0 radical (unpaired) electrons. The second-order valence-corrected chi connectivity index (χ2v) is 3.67. The van der Waals surface area contributed by atoms with Gasteiger partial charge in [-0.2, -0.15) is 0 Å². The molecule has 1 aromatic carbocycles. The van der Waals surface area contributed by atoms with Crippen molar-refractivity contribution in [1.29, 1.82) is 0 Å². The van der Waals surface area contributed by atoms with E-state index >= 15 is 0 Å². The van der Waals surface area contributed by atoms with Gasteiger partial charge < -0.3 is 11.1 Å². The number of nitrogen functional groups attached to an aromatic ring is 1. The number of hydrogen-bond acceptors (Lipinski definition) is 2. The Kier molecular flexibility index (Phi) is 2.49. The highest BCUT2D eigenvalue weighted by atomic mass is 16.2. The van der Waals surface area contributed by atoms with Gasteiger partial charge in [0.15, 0.2) is 0 Å². The molecule has 4 heteroatoms. The molecule has 1 aliphatic rings. The summed E-state index contributed by atoms with van der Waals surface area (Å²) < 4.78 is 0. The van der Waals surface area contributed by atoms with Crippen molar-refractivity contribution >= 4 is 17.4 Å². The third-order valence-corrected chi connectivity index (χ3v) is 2.71. The summed E-state index contributed by atoms with van der Waals surface area (Å²) in [5.41, 5.74) is 8.61. The zero-order chi connectivity index (χ0) is 10.8. The lowest BCUT2D eigenvalue weighted by atomic mass is 10.0. The summed E-state index contributed by atoms with van der Waals surface area (Å²) in [6, 6.07) is 5.71. The Morgan fingerprint density at radius 1 is 1.53 bits per heavy atom. The van der Waals surface area contributed by atoms with Gasteiger partial charge in [0, 0.05) is 13.6 Å². The van der Waals surface area contributed by atoms with E-state index in [0.29, 0.717) is 5.69 Å². The molecule has 3 N–H and O–H groups in total. The highest BCUT2D eigenvalue weighted by molar-refractivity contribution is 5.96. The zero-order valence-corrected chi connectivity index (χ0v) is 8.79. The van der Waals surface area contributed by atoms with Crippen LogP contribution in [0, 0.1) is 0 Å². The first-order valence-electron chi connectivity index (χ1n) is 5.10. The second kappa shape index (κ2) is 3.81. The van der Waals surface area contributed by atoms with E-state index < -0.39 is 0 Å². The number of rotatable bonds is 0. The van der Waals surface area contributed by atoms with E-state index in [9.17, 15) is 4.79 Å². The minimum Gasteiger partial charge on any atom is -0.397 e. The van der Waals surface area contributed by atoms with Crippen molar-refractivity contribution in [2.75, 3.05) is 24.2 Å². The number of amides is 2. The summed E-state index contributed by atoms with van der Waals surface area (Å²) in [4.78, 5) is 13.4. The number of carbonyl (C=O) groups excluding carboxylic acids is 1. The van der Waals surface area contributed by atoms with E-state index in [0.717, 1.165) is 30.6 Å². The quantitative estimate of drug-likeness (QED) is 0.628. The lowest BCUT2D eigenvalue weighted by Crippen LogP contribution is -2.41. The van der Waals surface area contributed by atoms with Crippen LogP contribution >= 0.6 is 0 Å². The molecule has 2 amide bonds. The first-order chi connectivity index (χ1) is 7.24. The first kappa shape index (κ1) is 9.83. The van der Waals surface area contributed by atoms with Crippen molar-refractivity contribution in [2.24, 2.45) is 0 Å². The van der Waals surface area contributed by atoms with Crippen molar-refractivity contribution in [3.05, 3.63) is 23.8 Å². The van der Waals surface area contributed by atoms with Gasteiger partial charge in [-0.1, -0.05) is 12.1 Å². The topological polar surface area (TPSA) is 58.4 Å². The molecule has 0 aromatic heterocycles. The molecule has 1 aliphatic heterocycles. The molecule has 0 bridgehead atoms. The largest absolute Gasteiger partial charge is 0.397 e. The van der Waals surface area contributed by atoms with Crippen LogP contribution < -0.4 is 16.0 Å². The number of urea groups is 1. The monoisotopic (exact) mass is 205 g/mol. The summed E-state index contributed by atoms with van der Waals surface area (Å²) >= 11 is 0. The van der Waals surface area contributed by atoms with Crippen LogP contribution in [0.4, 0.5) is 16.2 Å².